The van der Waals surface area contributed by atoms with Crippen LogP contribution in [0.15, 0.2) is 18.5 Å². The zero-order valence-corrected chi connectivity index (χ0v) is 11.1. The molecule has 0 saturated carbocycles. The molecule has 0 saturated heterocycles. The summed E-state index contributed by atoms with van der Waals surface area (Å²) in [4.78, 5) is 12.7. The minimum Gasteiger partial charge on any atom is -0.493 e. The second-order valence-electron chi connectivity index (χ2n) is 3.99. The number of pyridine rings is 1. The van der Waals surface area contributed by atoms with E-state index < -0.39 is 0 Å². The van der Waals surface area contributed by atoms with Crippen LogP contribution in [0.5, 0.6) is 5.75 Å². The first-order valence-electron chi connectivity index (χ1n) is 5.56. The maximum absolute atomic E-state index is 6.05. The Morgan fingerprint density at radius 3 is 2.79 bits per heavy atom. The van der Waals surface area contributed by atoms with Crippen molar-refractivity contribution in [3.63, 3.8) is 0 Å². The maximum Gasteiger partial charge on any atom is 0.171 e. The summed E-state index contributed by atoms with van der Waals surface area (Å²) in [5, 5.41) is 7.27. The fraction of sp³-hybridized carbons (Fsp3) is 0.167. The minimum atomic E-state index is 0.280. The molecular formula is C12H10ClN5O. The van der Waals surface area contributed by atoms with Gasteiger partial charge in [-0.1, -0.05) is 11.6 Å². The number of nitrogens with zero attached hydrogens (tertiary/aromatic N) is 4. The van der Waals surface area contributed by atoms with Crippen molar-refractivity contribution in [3.8, 4) is 17.1 Å². The van der Waals surface area contributed by atoms with Crippen molar-refractivity contribution >= 4 is 22.6 Å². The number of halogens is 1. The molecule has 0 amide bonds. The third kappa shape index (κ3) is 2.00. The second kappa shape index (κ2) is 4.47. The van der Waals surface area contributed by atoms with E-state index in [0.717, 1.165) is 11.4 Å². The smallest absolute Gasteiger partial charge is 0.171 e. The molecule has 0 radical (unpaired) electrons. The molecule has 3 rings (SSSR count). The Balaban J connectivity index is 2.29. The molecule has 0 aliphatic carbocycles. The Morgan fingerprint density at radius 1 is 1.26 bits per heavy atom. The van der Waals surface area contributed by atoms with Gasteiger partial charge < -0.3 is 4.74 Å². The first kappa shape index (κ1) is 11.9. The molecule has 19 heavy (non-hydrogen) atoms. The Bertz CT molecular complexity index is 755. The third-order valence-electron chi connectivity index (χ3n) is 2.71. The van der Waals surface area contributed by atoms with Crippen molar-refractivity contribution in [1.29, 1.82) is 0 Å². The van der Waals surface area contributed by atoms with Crippen LogP contribution in [0.1, 0.15) is 5.69 Å². The summed E-state index contributed by atoms with van der Waals surface area (Å²) in [6.45, 7) is 1.90. The van der Waals surface area contributed by atoms with Crippen molar-refractivity contribution in [3.05, 3.63) is 29.3 Å². The molecule has 0 aliphatic heterocycles. The van der Waals surface area contributed by atoms with Crippen LogP contribution in [0.25, 0.3) is 22.4 Å². The maximum atomic E-state index is 6.05. The lowest BCUT2D eigenvalue weighted by Gasteiger charge is -2.06. The Hall–Kier alpha value is -2.21. The average molecular weight is 276 g/mol. The summed E-state index contributed by atoms with van der Waals surface area (Å²) in [6, 6.07) is 3.63. The van der Waals surface area contributed by atoms with Gasteiger partial charge in [-0.3, -0.25) is 5.10 Å². The van der Waals surface area contributed by atoms with Gasteiger partial charge in [0.1, 0.15) is 17.5 Å². The van der Waals surface area contributed by atoms with E-state index in [4.69, 9.17) is 16.3 Å². The topological polar surface area (TPSA) is 76.6 Å². The average Bonchev–Trinajstić information content (AvgIpc) is 2.84. The number of aromatic amines is 1. The number of rotatable bonds is 2. The largest absolute Gasteiger partial charge is 0.493 e. The summed E-state index contributed by atoms with van der Waals surface area (Å²) in [5.74, 6) is 0.486. The number of aryl methyl sites for hydroxylation is 1. The molecule has 0 aromatic carbocycles. The quantitative estimate of drug-likeness (QED) is 0.727. The van der Waals surface area contributed by atoms with Crippen molar-refractivity contribution in [2.24, 2.45) is 0 Å². The lowest BCUT2D eigenvalue weighted by atomic mass is 10.2. The zero-order chi connectivity index (χ0) is 13.4. The van der Waals surface area contributed by atoms with Gasteiger partial charge in [-0.2, -0.15) is 5.10 Å². The number of ether oxygens (including phenoxy) is 1. The number of nitrogens with one attached hydrogen (secondary N) is 1. The number of methoxy groups -OCH3 is 1. The molecule has 0 atom stereocenters. The van der Waals surface area contributed by atoms with Gasteiger partial charge in [0.15, 0.2) is 10.9 Å². The van der Waals surface area contributed by atoms with Crippen LogP contribution in [-0.4, -0.2) is 32.3 Å². The molecule has 0 bridgehead atoms. The van der Waals surface area contributed by atoms with E-state index in [9.17, 15) is 0 Å². The number of hydrogen-bond donors (Lipinski definition) is 1. The van der Waals surface area contributed by atoms with Crippen LogP contribution in [0.2, 0.25) is 5.15 Å². The van der Waals surface area contributed by atoms with Gasteiger partial charge >= 0.3 is 0 Å². The molecule has 3 aromatic rings. The van der Waals surface area contributed by atoms with Crippen molar-refractivity contribution in [2.45, 2.75) is 6.92 Å². The standard InChI is InChI=1S/C12H10ClN5O/c1-6-3-8(18-17-6)10-11-7(14-5-15-10)4-9(19-2)12(13)16-11/h3-5H,1-2H3,(H,17,18). The monoisotopic (exact) mass is 275 g/mol. The highest BCUT2D eigenvalue weighted by Crippen LogP contribution is 2.29. The number of aromatic nitrogens is 5. The van der Waals surface area contributed by atoms with Gasteiger partial charge in [0, 0.05) is 6.07 Å². The van der Waals surface area contributed by atoms with Crippen LogP contribution in [0.3, 0.4) is 0 Å². The molecule has 96 valence electrons. The van der Waals surface area contributed by atoms with E-state index in [0.29, 0.717) is 22.5 Å². The zero-order valence-electron chi connectivity index (χ0n) is 10.3. The van der Waals surface area contributed by atoms with Gasteiger partial charge in [0.25, 0.3) is 0 Å². The highest BCUT2D eigenvalue weighted by atomic mass is 35.5. The van der Waals surface area contributed by atoms with E-state index in [-0.39, 0.29) is 5.15 Å². The Labute approximate surface area is 113 Å². The SMILES string of the molecule is COc1cc2ncnc(-c3cc(C)n[nH]3)c2nc1Cl. The number of H-pyrrole nitrogens is 1. The molecule has 0 aliphatic rings. The summed E-state index contributed by atoms with van der Waals surface area (Å²) in [5.41, 5.74) is 3.59. The molecule has 0 unspecified atom stereocenters. The Morgan fingerprint density at radius 2 is 2.11 bits per heavy atom. The first-order chi connectivity index (χ1) is 9.19. The normalized spacial score (nSPS) is 10.9. The second-order valence-corrected chi connectivity index (χ2v) is 4.35. The van der Waals surface area contributed by atoms with Crippen LogP contribution < -0.4 is 4.74 Å². The number of hydrogen-bond acceptors (Lipinski definition) is 5. The van der Waals surface area contributed by atoms with Crippen LogP contribution in [0, 0.1) is 6.92 Å². The Kier molecular flexibility index (Phi) is 2.79. The van der Waals surface area contributed by atoms with Gasteiger partial charge in [0.05, 0.1) is 24.0 Å². The minimum absolute atomic E-state index is 0.280. The predicted octanol–water partition coefficient (Wildman–Crippen LogP) is 2.39. The molecule has 3 heterocycles. The third-order valence-corrected chi connectivity index (χ3v) is 2.98. The summed E-state index contributed by atoms with van der Waals surface area (Å²) in [6.07, 6.45) is 1.48. The highest BCUT2D eigenvalue weighted by Gasteiger charge is 2.13. The summed E-state index contributed by atoms with van der Waals surface area (Å²) >= 11 is 6.05. The molecule has 0 spiro atoms. The molecule has 3 aromatic heterocycles. The van der Waals surface area contributed by atoms with Crippen LogP contribution in [-0.2, 0) is 0 Å². The fourth-order valence-corrected chi connectivity index (χ4v) is 2.04. The molecule has 0 fully saturated rings. The van der Waals surface area contributed by atoms with E-state index in [1.54, 1.807) is 6.07 Å². The molecule has 1 N–H and O–H groups in total. The van der Waals surface area contributed by atoms with Crippen LogP contribution >= 0.6 is 11.6 Å². The van der Waals surface area contributed by atoms with E-state index in [1.807, 2.05) is 13.0 Å². The molecule has 6 nitrogen and oxygen atoms in total. The van der Waals surface area contributed by atoms with Crippen molar-refractivity contribution < 1.29 is 4.74 Å². The molecular weight excluding hydrogens is 266 g/mol. The lowest BCUT2D eigenvalue weighted by Crippen LogP contribution is -1.95. The van der Waals surface area contributed by atoms with E-state index in [1.165, 1.54) is 13.4 Å². The van der Waals surface area contributed by atoms with Crippen molar-refractivity contribution in [1.82, 2.24) is 25.1 Å². The summed E-state index contributed by atoms with van der Waals surface area (Å²) in [7, 11) is 1.54. The summed E-state index contributed by atoms with van der Waals surface area (Å²) < 4.78 is 5.13. The predicted molar refractivity (Wildman–Crippen MR) is 71.2 cm³/mol. The van der Waals surface area contributed by atoms with Gasteiger partial charge in [0.2, 0.25) is 0 Å². The van der Waals surface area contributed by atoms with Gasteiger partial charge in [-0.05, 0) is 13.0 Å². The van der Waals surface area contributed by atoms with E-state index in [2.05, 4.69) is 25.1 Å². The number of fused-ring (bicyclic) bond motifs is 1. The van der Waals surface area contributed by atoms with Gasteiger partial charge in [-0.15, -0.1) is 0 Å². The molecule has 7 heteroatoms. The van der Waals surface area contributed by atoms with E-state index >= 15 is 0 Å². The van der Waals surface area contributed by atoms with Gasteiger partial charge in [-0.25, -0.2) is 15.0 Å². The van der Waals surface area contributed by atoms with Crippen molar-refractivity contribution in [2.75, 3.05) is 7.11 Å². The van der Waals surface area contributed by atoms with Crippen LogP contribution in [0.4, 0.5) is 0 Å². The lowest BCUT2D eigenvalue weighted by molar-refractivity contribution is 0.414. The fourth-order valence-electron chi connectivity index (χ4n) is 1.83. The first-order valence-corrected chi connectivity index (χ1v) is 5.94. The highest BCUT2D eigenvalue weighted by molar-refractivity contribution is 6.31.